The number of carbonyl (C=O) groups excluding carboxylic acids is 1. The molecule has 1 N–H and O–H groups in total. The van der Waals surface area contributed by atoms with Crippen LogP contribution in [0.1, 0.15) is 44.7 Å². The molecule has 0 fully saturated rings. The molecule has 0 saturated heterocycles. The standard InChI is InChI=1S/C16H21NOS/c1-4-5-8-19-14-7-6-13-9-11(2)16(15(13)10-14)17-12(3)18/h6-7,10H,4-5,8-9H2,1-3H3,(H,17,18). The van der Waals surface area contributed by atoms with Gasteiger partial charge < -0.3 is 5.32 Å². The van der Waals surface area contributed by atoms with Crippen molar-refractivity contribution in [2.45, 2.75) is 44.9 Å². The molecule has 0 unspecified atom stereocenters. The monoisotopic (exact) mass is 275 g/mol. The molecule has 0 heterocycles. The second-order valence-electron chi connectivity index (χ2n) is 5.03. The Morgan fingerprint density at radius 3 is 2.89 bits per heavy atom. The van der Waals surface area contributed by atoms with E-state index in [2.05, 4.69) is 37.4 Å². The summed E-state index contributed by atoms with van der Waals surface area (Å²) in [6.45, 7) is 5.87. The average molecular weight is 275 g/mol. The van der Waals surface area contributed by atoms with Gasteiger partial charge >= 0.3 is 0 Å². The number of amides is 1. The van der Waals surface area contributed by atoms with Crippen LogP contribution in [0.15, 0.2) is 28.7 Å². The predicted molar refractivity (Wildman–Crippen MR) is 82.2 cm³/mol. The summed E-state index contributed by atoms with van der Waals surface area (Å²) in [5.41, 5.74) is 4.79. The van der Waals surface area contributed by atoms with Gasteiger partial charge in [-0.15, -0.1) is 11.8 Å². The molecular formula is C16H21NOS. The van der Waals surface area contributed by atoms with E-state index in [0.717, 1.165) is 17.9 Å². The first-order chi connectivity index (χ1) is 9.11. The maximum absolute atomic E-state index is 11.3. The van der Waals surface area contributed by atoms with Crippen molar-refractivity contribution < 1.29 is 4.79 Å². The summed E-state index contributed by atoms with van der Waals surface area (Å²) in [5, 5.41) is 2.97. The van der Waals surface area contributed by atoms with E-state index in [1.807, 2.05) is 11.8 Å². The number of thioether (sulfide) groups is 1. The molecule has 0 atom stereocenters. The van der Waals surface area contributed by atoms with Crippen molar-refractivity contribution >= 4 is 23.4 Å². The number of hydrogen-bond acceptors (Lipinski definition) is 2. The van der Waals surface area contributed by atoms with Crippen molar-refractivity contribution in [3.63, 3.8) is 0 Å². The van der Waals surface area contributed by atoms with E-state index < -0.39 is 0 Å². The van der Waals surface area contributed by atoms with Gasteiger partial charge in [-0.2, -0.15) is 0 Å². The van der Waals surface area contributed by atoms with E-state index in [4.69, 9.17) is 0 Å². The second-order valence-corrected chi connectivity index (χ2v) is 6.20. The largest absolute Gasteiger partial charge is 0.326 e. The number of carbonyl (C=O) groups is 1. The van der Waals surface area contributed by atoms with Gasteiger partial charge in [0.1, 0.15) is 0 Å². The first-order valence-electron chi connectivity index (χ1n) is 6.85. The summed E-state index contributed by atoms with van der Waals surface area (Å²) in [7, 11) is 0. The topological polar surface area (TPSA) is 29.1 Å². The van der Waals surface area contributed by atoms with Crippen LogP contribution in [0, 0.1) is 0 Å². The zero-order valence-electron chi connectivity index (χ0n) is 11.9. The maximum Gasteiger partial charge on any atom is 0.221 e. The van der Waals surface area contributed by atoms with Crippen LogP contribution in [0.3, 0.4) is 0 Å². The van der Waals surface area contributed by atoms with E-state index in [1.165, 1.54) is 34.4 Å². The van der Waals surface area contributed by atoms with Crippen molar-refractivity contribution in [2.24, 2.45) is 0 Å². The van der Waals surface area contributed by atoms with Crippen LogP contribution in [-0.4, -0.2) is 11.7 Å². The van der Waals surface area contributed by atoms with E-state index >= 15 is 0 Å². The minimum absolute atomic E-state index is 0.00578. The van der Waals surface area contributed by atoms with Crippen molar-refractivity contribution in [2.75, 3.05) is 5.75 Å². The van der Waals surface area contributed by atoms with Crippen LogP contribution < -0.4 is 5.32 Å². The average Bonchev–Trinajstić information content (AvgIpc) is 2.66. The molecule has 3 heteroatoms. The van der Waals surface area contributed by atoms with Gasteiger partial charge in [-0.1, -0.05) is 19.4 Å². The highest BCUT2D eigenvalue weighted by atomic mass is 32.2. The molecule has 0 aliphatic heterocycles. The van der Waals surface area contributed by atoms with Gasteiger partial charge in [-0.3, -0.25) is 4.79 Å². The minimum Gasteiger partial charge on any atom is -0.326 e. The van der Waals surface area contributed by atoms with Crippen LogP contribution in [0.2, 0.25) is 0 Å². The Morgan fingerprint density at radius 2 is 2.21 bits per heavy atom. The zero-order chi connectivity index (χ0) is 13.8. The van der Waals surface area contributed by atoms with Gasteiger partial charge in [0.2, 0.25) is 5.91 Å². The summed E-state index contributed by atoms with van der Waals surface area (Å²) >= 11 is 1.90. The van der Waals surface area contributed by atoms with E-state index in [0.29, 0.717) is 0 Å². The molecule has 1 aliphatic carbocycles. The number of benzene rings is 1. The Morgan fingerprint density at radius 1 is 1.42 bits per heavy atom. The fourth-order valence-electron chi connectivity index (χ4n) is 2.32. The van der Waals surface area contributed by atoms with Gasteiger partial charge in [0.15, 0.2) is 0 Å². The molecule has 0 spiro atoms. The quantitative estimate of drug-likeness (QED) is 0.650. The Hall–Kier alpha value is -1.22. The molecule has 0 bridgehead atoms. The maximum atomic E-state index is 11.3. The molecule has 1 aliphatic rings. The summed E-state index contributed by atoms with van der Waals surface area (Å²) in [5.74, 6) is 1.17. The number of nitrogens with one attached hydrogen (secondary N) is 1. The Labute approximate surface area is 119 Å². The highest BCUT2D eigenvalue weighted by Gasteiger charge is 2.19. The lowest BCUT2D eigenvalue weighted by Gasteiger charge is -2.09. The SMILES string of the molecule is CCCCSc1ccc2c(c1)C(NC(C)=O)=C(C)C2. The first-order valence-corrected chi connectivity index (χ1v) is 7.83. The van der Waals surface area contributed by atoms with Gasteiger partial charge in [0, 0.05) is 23.1 Å². The third kappa shape index (κ3) is 3.41. The van der Waals surface area contributed by atoms with Crippen LogP contribution in [0.25, 0.3) is 5.70 Å². The fraction of sp³-hybridized carbons (Fsp3) is 0.438. The number of hydrogen-bond donors (Lipinski definition) is 1. The van der Waals surface area contributed by atoms with Gasteiger partial charge in [-0.25, -0.2) is 0 Å². The summed E-state index contributed by atoms with van der Waals surface area (Å²) < 4.78 is 0. The zero-order valence-corrected chi connectivity index (χ0v) is 12.7. The normalized spacial score (nSPS) is 13.6. The second kappa shape index (κ2) is 6.29. The molecule has 0 radical (unpaired) electrons. The third-order valence-corrected chi connectivity index (χ3v) is 4.38. The smallest absolute Gasteiger partial charge is 0.221 e. The van der Waals surface area contributed by atoms with Crippen molar-refractivity contribution in [1.29, 1.82) is 0 Å². The molecule has 2 rings (SSSR count). The predicted octanol–water partition coefficient (Wildman–Crippen LogP) is 4.00. The fourth-order valence-corrected chi connectivity index (χ4v) is 3.35. The summed E-state index contributed by atoms with van der Waals surface area (Å²) in [6.07, 6.45) is 3.42. The first kappa shape index (κ1) is 14.2. The number of fused-ring (bicyclic) bond motifs is 1. The molecule has 1 amide bonds. The van der Waals surface area contributed by atoms with Gasteiger partial charge in [0.25, 0.3) is 0 Å². The van der Waals surface area contributed by atoms with E-state index in [-0.39, 0.29) is 5.91 Å². The van der Waals surface area contributed by atoms with Crippen LogP contribution >= 0.6 is 11.8 Å². The lowest BCUT2D eigenvalue weighted by molar-refractivity contribution is -0.117. The third-order valence-electron chi connectivity index (χ3n) is 3.30. The van der Waals surface area contributed by atoms with Gasteiger partial charge in [-0.05, 0) is 48.8 Å². The van der Waals surface area contributed by atoms with Crippen LogP contribution in [0.4, 0.5) is 0 Å². The molecule has 0 aromatic heterocycles. The Bertz CT molecular complexity index is 519. The lowest BCUT2D eigenvalue weighted by atomic mass is 10.1. The van der Waals surface area contributed by atoms with Crippen LogP contribution in [-0.2, 0) is 11.2 Å². The van der Waals surface area contributed by atoms with E-state index in [1.54, 1.807) is 6.92 Å². The number of unbranched alkanes of at least 4 members (excludes halogenated alkanes) is 1. The van der Waals surface area contributed by atoms with E-state index in [9.17, 15) is 4.79 Å². The molecule has 102 valence electrons. The summed E-state index contributed by atoms with van der Waals surface area (Å²) in [6, 6.07) is 6.61. The lowest BCUT2D eigenvalue weighted by Crippen LogP contribution is -2.18. The molecule has 2 nitrogen and oxygen atoms in total. The molecule has 19 heavy (non-hydrogen) atoms. The number of allylic oxidation sites excluding steroid dienone is 1. The van der Waals surface area contributed by atoms with Crippen LogP contribution in [0.5, 0.6) is 0 Å². The molecule has 1 aromatic carbocycles. The summed E-state index contributed by atoms with van der Waals surface area (Å²) in [4.78, 5) is 12.6. The Balaban J connectivity index is 2.19. The molecule has 0 saturated carbocycles. The number of rotatable bonds is 5. The Kier molecular flexibility index (Phi) is 4.70. The highest BCUT2D eigenvalue weighted by Crippen LogP contribution is 2.34. The van der Waals surface area contributed by atoms with Crippen molar-refractivity contribution in [3.05, 3.63) is 34.9 Å². The minimum atomic E-state index is 0.00578. The molecular weight excluding hydrogens is 254 g/mol. The van der Waals surface area contributed by atoms with Gasteiger partial charge in [0.05, 0.1) is 0 Å². The van der Waals surface area contributed by atoms with Crippen molar-refractivity contribution in [3.8, 4) is 0 Å². The van der Waals surface area contributed by atoms with Crippen molar-refractivity contribution in [1.82, 2.24) is 5.32 Å². The highest BCUT2D eigenvalue weighted by molar-refractivity contribution is 7.99. The molecule has 1 aromatic rings.